The Morgan fingerprint density at radius 1 is 1.36 bits per heavy atom. The second-order valence-electron chi connectivity index (χ2n) is 3.39. The summed E-state index contributed by atoms with van der Waals surface area (Å²) in [5.41, 5.74) is 7.97. The molecule has 0 aliphatic carbocycles. The molecule has 0 heterocycles. The summed E-state index contributed by atoms with van der Waals surface area (Å²) in [7, 11) is 1.70. The van der Waals surface area contributed by atoms with Crippen molar-refractivity contribution in [3.8, 4) is 0 Å². The van der Waals surface area contributed by atoms with Gasteiger partial charge in [-0.2, -0.15) is 0 Å². The fourth-order valence-corrected chi connectivity index (χ4v) is 1.15. The molecule has 1 rings (SSSR count). The minimum Gasteiger partial charge on any atom is -0.380 e. The van der Waals surface area contributed by atoms with E-state index in [1.165, 1.54) is 11.1 Å². The fraction of sp³-hybridized carbons (Fsp3) is 0.333. The van der Waals surface area contributed by atoms with Crippen LogP contribution in [0.3, 0.4) is 0 Å². The van der Waals surface area contributed by atoms with Gasteiger partial charge in [0, 0.05) is 13.2 Å². The normalized spacial score (nSPS) is 13.4. The number of nitrogens with two attached hydrogens (primary N) is 1. The van der Waals surface area contributed by atoms with Crippen molar-refractivity contribution in [3.05, 3.63) is 41.5 Å². The zero-order chi connectivity index (χ0) is 10.4. The molecule has 2 nitrogen and oxygen atoms in total. The Kier molecular flexibility index (Phi) is 4.36. The van der Waals surface area contributed by atoms with Crippen molar-refractivity contribution in [3.63, 3.8) is 0 Å². The van der Waals surface area contributed by atoms with E-state index >= 15 is 0 Å². The second-order valence-corrected chi connectivity index (χ2v) is 3.39. The average Bonchev–Trinajstić information content (AvgIpc) is 2.17. The van der Waals surface area contributed by atoms with Crippen LogP contribution in [0.2, 0.25) is 0 Å². The molecule has 2 heteroatoms. The number of hydrogen-bond donors (Lipinski definition) is 1. The number of hydrogen-bond acceptors (Lipinski definition) is 2. The molecule has 2 N–H and O–H groups in total. The molecule has 0 aliphatic rings. The van der Waals surface area contributed by atoms with E-state index in [2.05, 4.69) is 24.3 Å². The van der Waals surface area contributed by atoms with E-state index in [0.29, 0.717) is 6.61 Å². The van der Waals surface area contributed by atoms with Crippen LogP contribution in [0.25, 0.3) is 6.08 Å². The Labute approximate surface area is 85.4 Å². The molecule has 0 aromatic heterocycles. The van der Waals surface area contributed by atoms with Gasteiger partial charge in [-0.15, -0.1) is 0 Å². The first-order chi connectivity index (χ1) is 6.72. The highest BCUT2D eigenvalue weighted by atomic mass is 16.5. The Bertz CT molecular complexity index is 288. The van der Waals surface area contributed by atoms with Crippen molar-refractivity contribution < 1.29 is 4.74 Å². The average molecular weight is 191 g/mol. The van der Waals surface area contributed by atoms with E-state index in [9.17, 15) is 0 Å². The van der Waals surface area contributed by atoms with Crippen molar-refractivity contribution in [1.82, 2.24) is 0 Å². The highest BCUT2D eigenvalue weighted by molar-refractivity contribution is 5.50. The van der Waals surface area contributed by atoms with Crippen molar-refractivity contribution in [2.45, 2.75) is 19.6 Å². The predicted molar refractivity (Wildman–Crippen MR) is 59.8 cm³/mol. The van der Waals surface area contributed by atoms with Gasteiger partial charge in [0.2, 0.25) is 0 Å². The van der Waals surface area contributed by atoms with E-state index in [1.54, 1.807) is 7.11 Å². The molecule has 1 aromatic carbocycles. The van der Waals surface area contributed by atoms with Crippen LogP contribution in [0.15, 0.2) is 30.3 Å². The molecule has 0 bridgehead atoms. The topological polar surface area (TPSA) is 35.2 Å². The van der Waals surface area contributed by atoms with Crippen molar-refractivity contribution in [2.75, 3.05) is 7.11 Å². The summed E-state index contributed by atoms with van der Waals surface area (Å²) in [6, 6.07) is 8.35. The van der Waals surface area contributed by atoms with Gasteiger partial charge in [-0.1, -0.05) is 36.4 Å². The molecule has 1 atom stereocenters. The summed E-state index contributed by atoms with van der Waals surface area (Å²) in [6.45, 7) is 2.62. The molecular weight excluding hydrogens is 174 g/mol. The van der Waals surface area contributed by atoms with Crippen molar-refractivity contribution in [2.24, 2.45) is 5.73 Å². The van der Waals surface area contributed by atoms with Gasteiger partial charge < -0.3 is 10.5 Å². The van der Waals surface area contributed by atoms with Gasteiger partial charge in [0.25, 0.3) is 0 Å². The van der Waals surface area contributed by atoms with Gasteiger partial charge in [0.1, 0.15) is 0 Å². The summed E-state index contributed by atoms with van der Waals surface area (Å²) in [4.78, 5) is 0. The minimum atomic E-state index is 0.105. The smallest absolute Gasteiger partial charge is 0.0713 e. The minimum absolute atomic E-state index is 0.105. The number of benzene rings is 1. The lowest BCUT2D eigenvalue weighted by molar-refractivity contribution is 0.185. The quantitative estimate of drug-likeness (QED) is 0.791. The molecule has 0 spiro atoms. The Morgan fingerprint density at radius 2 is 2.00 bits per heavy atom. The van der Waals surface area contributed by atoms with Crippen molar-refractivity contribution >= 4 is 6.08 Å². The van der Waals surface area contributed by atoms with Crippen LogP contribution in [0.1, 0.15) is 18.1 Å². The molecule has 76 valence electrons. The lowest BCUT2D eigenvalue weighted by Crippen LogP contribution is -2.09. The van der Waals surface area contributed by atoms with Crippen LogP contribution >= 0.6 is 0 Å². The zero-order valence-corrected chi connectivity index (χ0v) is 8.73. The van der Waals surface area contributed by atoms with Crippen LogP contribution in [-0.4, -0.2) is 13.2 Å². The summed E-state index contributed by atoms with van der Waals surface area (Å²) in [6.07, 6.45) is 4.01. The number of rotatable bonds is 4. The van der Waals surface area contributed by atoms with Gasteiger partial charge in [0.15, 0.2) is 0 Å². The molecule has 0 saturated heterocycles. The monoisotopic (exact) mass is 191 g/mol. The Balaban J connectivity index is 2.64. The molecule has 0 radical (unpaired) electrons. The molecule has 1 unspecified atom stereocenters. The predicted octanol–water partition coefficient (Wildman–Crippen LogP) is 2.19. The maximum atomic E-state index is 5.61. The maximum absolute atomic E-state index is 5.61. The van der Waals surface area contributed by atoms with Crippen LogP contribution in [0.5, 0.6) is 0 Å². The zero-order valence-electron chi connectivity index (χ0n) is 8.73. The Morgan fingerprint density at radius 3 is 2.50 bits per heavy atom. The number of ether oxygens (including phenoxy) is 1. The third-order valence-corrected chi connectivity index (χ3v) is 1.88. The van der Waals surface area contributed by atoms with E-state index in [4.69, 9.17) is 10.5 Å². The summed E-state index contributed by atoms with van der Waals surface area (Å²) in [5, 5.41) is 0. The number of methoxy groups -OCH3 is 1. The molecule has 0 aliphatic heterocycles. The van der Waals surface area contributed by atoms with E-state index in [0.717, 1.165) is 0 Å². The Hall–Kier alpha value is -1.12. The molecule has 14 heavy (non-hydrogen) atoms. The molecular formula is C12H17NO. The lowest BCUT2D eigenvalue weighted by Gasteiger charge is -2.00. The van der Waals surface area contributed by atoms with E-state index in [-0.39, 0.29) is 6.04 Å². The van der Waals surface area contributed by atoms with Crippen LogP contribution in [0.4, 0.5) is 0 Å². The van der Waals surface area contributed by atoms with E-state index in [1.807, 2.05) is 19.1 Å². The molecule has 0 amide bonds. The maximum Gasteiger partial charge on any atom is 0.0713 e. The second kappa shape index (κ2) is 5.58. The van der Waals surface area contributed by atoms with Gasteiger partial charge in [-0.25, -0.2) is 0 Å². The molecule has 1 aromatic rings. The van der Waals surface area contributed by atoms with Crippen LogP contribution in [-0.2, 0) is 11.3 Å². The lowest BCUT2D eigenvalue weighted by atomic mass is 10.1. The first-order valence-corrected chi connectivity index (χ1v) is 4.74. The standard InChI is InChI=1S/C12H17NO/c1-10(13)3-4-11-5-7-12(8-6-11)9-14-2/h3-8,10H,9,13H2,1-2H3/b4-3+. The summed E-state index contributed by atoms with van der Waals surface area (Å²) < 4.78 is 5.03. The van der Waals surface area contributed by atoms with Gasteiger partial charge in [-0.3, -0.25) is 0 Å². The van der Waals surface area contributed by atoms with Crippen molar-refractivity contribution in [1.29, 1.82) is 0 Å². The third-order valence-electron chi connectivity index (χ3n) is 1.88. The largest absolute Gasteiger partial charge is 0.380 e. The SMILES string of the molecule is COCc1ccc(/C=C/C(C)N)cc1. The summed E-state index contributed by atoms with van der Waals surface area (Å²) >= 11 is 0. The first-order valence-electron chi connectivity index (χ1n) is 4.74. The molecule has 0 fully saturated rings. The highest BCUT2D eigenvalue weighted by Crippen LogP contribution is 2.07. The molecule has 0 saturated carbocycles. The van der Waals surface area contributed by atoms with E-state index < -0.39 is 0 Å². The van der Waals surface area contributed by atoms with Crippen LogP contribution in [0, 0.1) is 0 Å². The third kappa shape index (κ3) is 3.73. The fourth-order valence-electron chi connectivity index (χ4n) is 1.15. The van der Waals surface area contributed by atoms with Gasteiger partial charge in [-0.05, 0) is 18.1 Å². The van der Waals surface area contributed by atoms with Gasteiger partial charge in [0.05, 0.1) is 6.61 Å². The van der Waals surface area contributed by atoms with Gasteiger partial charge >= 0.3 is 0 Å². The van der Waals surface area contributed by atoms with Crippen LogP contribution < -0.4 is 5.73 Å². The highest BCUT2D eigenvalue weighted by Gasteiger charge is 1.91. The first kappa shape index (κ1) is 11.0. The summed E-state index contributed by atoms with van der Waals surface area (Å²) in [5.74, 6) is 0.